The fourth-order valence-electron chi connectivity index (χ4n) is 2.92. The number of aryl methyl sites for hydroxylation is 2. The van der Waals surface area contributed by atoms with Gasteiger partial charge in [-0.3, -0.25) is 0 Å². The number of hydrogen-bond acceptors (Lipinski definition) is 5. The molecule has 0 aromatic carbocycles. The highest BCUT2D eigenvalue weighted by molar-refractivity contribution is 9.10. The van der Waals surface area contributed by atoms with E-state index in [0.29, 0.717) is 37.6 Å². The standard InChI is InChI=1S/C17H21BrFN5/c1-12-9-15(23-13(2)22-12)21-11-17(19)5-7-24(8-6-17)16-4-3-14(18)10-20-16/h3-4,9-10H,5-8,11H2,1-2H3,(H,21,22,23). The molecule has 1 N–H and O–H groups in total. The lowest BCUT2D eigenvalue weighted by Gasteiger charge is -2.37. The van der Waals surface area contributed by atoms with Gasteiger partial charge in [0.15, 0.2) is 0 Å². The molecule has 3 rings (SSSR count). The predicted octanol–water partition coefficient (Wildman–Crippen LogP) is 3.67. The number of hydrogen-bond donors (Lipinski definition) is 1. The summed E-state index contributed by atoms with van der Waals surface area (Å²) in [4.78, 5) is 15.1. The maximum absolute atomic E-state index is 15.1. The molecule has 2 aromatic rings. The number of aromatic nitrogens is 3. The predicted molar refractivity (Wildman–Crippen MR) is 97.2 cm³/mol. The molecule has 2 aromatic heterocycles. The first-order valence-electron chi connectivity index (χ1n) is 8.05. The van der Waals surface area contributed by atoms with Gasteiger partial charge in [0.05, 0.1) is 6.54 Å². The van der Waals surface area contributed by atoms with Crippen LogP contribution in [0, 0.1) is 13.8 Å². The zero-order valence-electron chi connectivity index (χ0n) is 13.9. The number of anilines is 2. The summed E-state index contributed by atoms with van der Waals surface area (Å²) < 4.78 is 16.0. The zero-order chi connectivity index (χ0) is 17.2. The second-order valence-electron chi connectivity index (χ2n) is 6.27. The van der Waals surface area contributed by atoms with E-state index in [-0.39, 0.29) is 6.54 Å². The van der Waals surface area contributed by atoms with Crippen molar-refractivity contribution in [3.8, 4) is 0 Å². The van der Waals surface area contributed by atoms with E-state index in [2.05, 4.69) is 41.1 Å². The SMILES string of the molecule is Cc1cc(NCC2(F)CCN(c3ccc(Br)cn3)CC2)nc(C)n1. The van der Waals surface area contributed by atoms with Gasteiger partial charge in [-0.1, -0.05) is 0 Å². The molecular weight excluding hydrogens is 373 g/mol. The summed E-state index contributed by atoms with van der Waals surface area (Å²) in [6, 6.07) is 5.76. The van der Waals surface area contributed by atoms with Crippen molar-refractivity contribution in [1.29, 1.82) is 0 Å². The van der Waals surface area contributed by atoms with Crippen LogP contribution in [0.2, 0.25) is 0 Å². The van der Waals surface area contributed by atoms with Gasteiger partial charge >= 0.3 is 0 Å². The molecule has 0 atom stereocenters. The molecule has 1 aliphatic heterocycles. The molecule has 7 heteroatoms. The molecule has 0 radical (unpaired) electrons. The first-order chi connectivity index (χ1) is 11.4. The Morgan fingerprint density at radius 3 is 2.62 bits per heavy atom. The van der Waals surface area contributed by atoms with Crippen LogP contribution < -0.4 is 10.2 Å². The van der Waals surface area contributed by atoms with E-state index >= 15 is 4.39 Å². The van der Waals surface area contributed by atoms with Gasteiger partial charge in [-0.2, -0.15) is 0 Å². The highest BCUT2D eigenvalue weighted by Gasteiger charge is 2.34. The van der Waals surface area contributed by atoms with E-state index in [1.165, 1.54) is 0 Å². The van der Waals surface area contributed by atoms with Crippen LogP contribution in [0.5, 0.6) is 0 Å². The Balaban J connectivity index is 1.57. The van der Waals surface area contributed by atoms with Crippen molar-refractivity contribution < 1.29 is 4.39 Å². The molecule has 5 nitrogen and oxygen atoms in total. The maximum atomic E-state index is 15.1. The van der Waals surface area contributed by atoms with Crippen LogP contribution in [0.1, 0.15) is 24.4 Å². The topological polar surface area (TPSA) is 53.9 Å². The fourth-order valence-corrected chi connectivity index (χ4v) is 3.16. The van der Waals surface area contributed by atoms with Gasteiger partial charge in [-0.05, 0) is 41.9 Å². The average molecular weight is 394 g/mol. The first kappa shape index (κ1) is 17.1. The lowest BCUT2D eigenvalue weighted by molar-refractivity contribution is 0.140. The molecule has 0 bridgehead atoms. The van der Waals surface area contributed by atoms with Crippen molar-refractivity contribution in [2.75, 3.05) is 29.9 Å². The summed E-state index contributed by atoms with van der Waals surface area (Å²) in [6.45, 7) is 5.34. The van der Waals surface area contributed by atoms with Crippen molar-refractivity contribution in [3.63, 3.8) is 0 Å². The summed E-state index contributed by atoms with van der Waals surface area (Å²) >= 11 is 3.38. The highest BCUT2D eigenvalue weighted by Crippen LogP contribution is 2.29. The molecule has 1 saturated heterocycles. The Morgan fingerprint density at radius 2 is 2.00 bits per heavy atom. The third kappa shape index (κ3) is 4.20. The third-order valence-electron chi connectivity index (χ3n) is 4.25. The Bertz CT molecular complexity index is 678. The Hall–Kier alpha value is -1.76. The summed E-state index contributed by atoms with van der Waals surface area (Å²) in [5, 5.41) is 3.13. The van der Waals surface area contributed by atoms with Gasteiger partial charge in [0.25, 0.3) is 0 Å². The van der Waals surface area contributed by atoms with Gasteiger partial charge < -0.3 is 10.2 Å². The van der Waals surface area contributed by atoms with Crippen LogP contribution in [0.3, 0.4) is 0 Å². The molecule has 0 amide bonds. The number of nitrogens with one attached hydrogen (secondary N) is 1. The van der Waals surface area contributed by atoms with Crippen LogP contribution in [-0.2, 0) is 0 Å². The van der Waals surface area contributed by atoms with Crippen LogP contribution in [0.15, 0.2) is 28.9 Å². The van der Waals surface area contributed by atoms with Crippen molar-refractivity contribution in [1.82, 2.24) is 15.0 Å². The van der Waals surface area contributed by atoms with Gasteiger partial charge in [-0.15, -0.1) is 0 Å². The van der Waals surface area contributed by atoms with Gasteiger partial charge in [0.1, 0.15) is 23.1 Å². The van der Waals surface area contributed by atoms with E-state index in [0.717, 1.165) is 16.0 Å². The van der Waals surface area contributed by atoms with Crippen molar-refractivity contribution in [2.24, 2.45) is 0 Å². The molecule has 1 aliphatic rings. The molecule has 0 unspecified atom stereocenters. The molecule has 3 heterocycles. The molecule has 0 spiro atoms. The lowest BCUT2D eigenvalue weighted by Crippen LogP contribution is -2.45. The van der Waals surface area contributed by atoms with Crippen molar-refractivity contribution in [2.45, 2.75) is 32.4 Å². The number of nitrogens with zero attached hydrogens (tertiary/aromatic N) is 4. The quantitative estimate of drug-likeness (QED) is 0.858. The smallest absolute Gasteiger partial charge is 0.131 e. The average Bonchev–Trinajstić information content (AvgIpc) is 2.54. The summed E-state index contributed by atoms with van der Waals surface area (Å²) in [5.74, 6) is 2.28. The summed E-state index contributed by atoms with van der Waals surface area (Å²) in [7, 11) is 0. The Kier molecular flexibility index (Phi) is 4.99. The number of rotatable bonds is 4. The van der Waals surface area contributed by atoms with Gasteiger partial charge in [0, 0.05) is 48.4 Å². The summed E-state index contributed by atoms with van der Waals surface area (Å²) in [5.41, 5.74) is -0.340. The Morgan fingerprint density at radius 1 is 1.25 bits per heavy atom. The summed E-state index contributed by atoms with van der Waals surface area (Å²) in [6.07, 6.45) is 2.72. The molecule has 0 aliphatic carbocycles. The molecule has 24 heavy (non-hydrogen) atoms. The number of halogens is 2. The van der Waals surface area contributed by atoms with Gasteiger partial charge in [-0.25, -0.2) is 19.3 Å². The number of pyridine rings is 1. The van der Waals surface area contributed by atoms with Crippen LogP contribution in [-0.4, -0.2) is 40.3 Å². The zero-order valence-corrected chi connectivity index (χ0v) is 15.5. The second-order valence-corrected chi connectivity index (χ2v) is 7.18. The van der Waals surface area contributed by atoms with E-state index in [4.69, 9.17) is 0 Å². The van der Waals surface area contributed by atoms with E-state index in [9.17, 15) is 0 Å². The fraction of sp³-hybridized carbons (Fsp3) is 0.471. The maximum Gasteiger partial charge on any atom is 0.131 e. The number of alkyl halides is 1. The minimum atomic E-state index is -1.22. The van der Waals surface area contributed by atoms with Crippen LogP contribution in [0.25, 0.3) is 0 Å². The van der Waals surface area contributed by atoms with Crippen molar-refractivity contribution >= 4 is 27.6 Å². The molecule has 128 valence electrons. The van der Waals surface area contributed by atoms with E-state index < -0.39 is 5.67 Å². The van der Waals surface area contributed by atoms with E-state index in [1.807, 2.05) is 32.0 Å². The first-order valence-corrected chi connectivity index (χ1v) is 8.84. The van der Waals surface area contributed by atoms with Crippen LogP contribution in [0.4, 0.5) is 16.0 Å². The molecular formula is C17H21BrFN5. The minimum absolute atomic E-state index is 0.268. The third-order valence-corrected chi connectivity index (χ3v) is 4.72. The second kappa shape index (κ2) is 7.01. The number of piperidine rings is 1. The lowest BCUT2D eigenvalue weighted by atomic mass is 9.93. The monoisotopic (exact) mass is 393 g/mol. The van der Waals surface area contributed by atoms with Crippen molar-refractivity contribution in [3.05, 3.63) is 40.4 Å². The largest absolute Gasteiger partial charge is 0.367 e. The van der Waals surface area contributed by atoms with Crippen LogP contribution >= 0.6 is 15.9 Å². The molecule has 0 saturated carbocycles. The minimum Gasteiger partial charge on any atom is -0.367 e. The van der Waals surface area contributed by atoms with Gasteiger partial charge in [0.2, 0.25) is 0 Å². The normalized spacial score (nSPS) is 16.9. The highest BCUT2D eigenvalue weighted by atomic mass is 79.9. The van der Waals surface area contributed by atoms with E-state index in [1.54, 1.807) is 6.20 Å². The molecule has 1 fully saturated rings. The Labute approximate surface area is 149 Å².